The first kappa shape index (κ1) is 16.2. The maximum absolute atomic E-state index is 11.8. The summed E-state index contributed by atoms with van der Waals surface area (Å²) < 4.78 is 1.10. The Morgan fingerprint density at radius 3 is 2.32 bits per heavy atom. The molecule has 106 valence electrons. The molecule has 0 saturated heterocycles. The van der Waals surface area contributed by atoms with Gasteiger partial charge in [-0.3, -0.25) is 4.79 Å². The molecule has 1 aromatic carbocycles. The van der Waals surface area contributed by atoms with Crippen LogP contribution in [0.1, 0.15) is 43.2 Å². The molecule has 0 bridgehead atoms. The summed E-state index contributed by atoms with van der Waals surface area (Å²) in [7, 11) is 0. The molecule has 0 fully saturated rings. The van der Waals surface area contributed by atoms with Gasteiger partial charge >= 0.3 is 0 Å². The third-order valence-corrected chi connectivity index (χ3v) is 4.33. The molecule has 0 aliphatic heterocycles. The summed E-state index contributed by atoms with van der Waals surface area (Å²) in [6.07, 6.45) is 4.75. The zero-order chi connectivity index (χ0) is 14.3. The lowest BCUT2D eigenvalue weighted by Crippen LogP contribution is -2.11. The predicted molar refractivity (Wildman–Crippen MR) is 84.4 cm³/mol. The second-order valence-corrected chi connectivity index (χ2v) is 5.72. The van der Waals surface area contributed by atoms with Gasteiger partial charge < -0.3 is 11.1 Å². The average Bonchev–Trinajstić information content (AvgIpc) is 2.35. The van der Waals surface area contributed by atoms with Crippen molar-refractivity contribution in [3.8, 4) is 0 Å². The van der Waals surface area contributed by atoms with Crippen molar-refractivity contribution in [3.05, 3.63) is 27.7 Å². The molecule has 0 saturated carbocycles. The van der Waals surface area contributed by atoms with Crippen molar-refractivity contribution >= 4 is 27.5 Å². The predicted octanol–water partition coefficient (Wildman–Crippen LogP) is 3.91. The molecule has 0 aliphatic carbocycles. The quantitative estimate of drug-likeness (QED) is 0.746. The number of amides is 1. The maximum Gasteiger partial charge on any atom is 0.224 e. The molecule has 3 N–H and O–H groups in total. The fourth-order valence-corrected chi connectivity index (χ4v) is 2.25. The Morgan fingerprint density at radius 1 is 1.16 bits per heavy atom. The Morgan fingerprint density at radius 2 is 1.74 bits per heavy atom. The molecule has 4 heteroatoms. The molecule has 3 nitrogen and oxygen atoms in total. The minimum Gasteiger partial charge on any atom is -0.330 e. The van der Waals surface area contributed by atoms with Crippen molar-refractivity contribution in [1.29, 1.82) is 0 Å². The van der Waals surface area contributed by atoms with Crippen molar-refractivity contribution in [1.82, 2.24) is 0 Å². The molecule has 0 spiro atoms. The zero-order valence-corrected chi connectivity index (χ0v) is 13.3. The highest BCUT2D eigenvalue weighted by Gasteiger charge is 2.06. The molecule has 1 amide bonds. The van der Waals surface area contributed by atoms with E-state index in [0.29, 0.717) is 6.42 Å². The summed E-state index contributed by atoms with van der Waals surface area (Å²) in [6.45, 7) is 4.79. The molecule has 0 heterocycles. The van der Waals surface area contributed by atoms with Gasteiger partial charge in [0.05, 0.1) is 0 Å². The standard InChI is InChI=1S/C15H23BrN2O/c1-11-9-13(10-12(2)15(11)16)18-14(19)7-5-3-4-6-8-17/h9-10H,3-8,17H2,1-2H3,(H,18,19). The number of nitrogens with two attached hydrogens (primary N) is 1. The molecular formula is C15H23BrN2O. The first-order valence-electron chi connectivity index (χ1n) is 6.81. The van der Waals surface area contributed by atoms with Crippen LogP contribution in [0.3, 0.4) is 0 Å². The van der Waals surface area contributed by atoms with Crippen LogP contribution in [-0.4, -0.2) is 12.5 Å². The molecule has 19 heavy (non-hydrogen) atoms. The van der Waals surface area contributed by atoms with E-state index in [-0.39, 0.29) is 5.91 Å². The number of hydrogen-bond acceptors (Lipinski definition) is 2. The van der Waals surface area contributed by atoms with E-state index in [1.165, 1.54) is 0 Å². The first-order valence-corrected chi connectivity index (χ1v) is 7.60. The largest absolute Gasteiger partial charge is 0.330 e. The first-order chi connectivity index (χ1) is 9.04. The number of hydrogen-bond donors (Lipinski definition) is 2. The van der Waals surface area contributed by atoms with E-state index in [1.807, 2.05) is 26.0 Å². The van der Waals surface area contributed by atoms with Gasteiger partial charge in [-0.2, -0.15) is 0 Å². The van der Waals surface area contributed by atoms with Gasteiger partial charge in [0.1, 0.15) is 0 Å². The van der Waals surface area contributed by atoms with Gasteiger partial charge in [-0.1, -0.05) is 28.8 Å². The monoisotopic (exact) mass is 326 g/mol. The van der Waals surface area contributed by atoms with Crippen LogP contribution in [0.2, 0.25) is 0 Å². The number of nitrogens with one attached hydrogen (secondary N) is 1. The lowest BCUT2D eigenvalue weighted by Gasteiger charge is -2.09. The molecule has 0 aromatic heterocycles. The Hall–Kier alpha value is -0.870. The number of anilines is 1. The molecule has 0 atom stereocenters. The Kier molecular flexibility index (Phi) is 7.10. The van der Waals surface area contributed by atoms with E-state index < -0.39 is 0 Å². The number of aryl methyl sites for hydroxylation is 2. The van der Waals surface area contributed by atoms with Gasteiger partial charge in [0.15, 0.2) is 0 Å². The fraction of sp³-hybridized carbons (Fsp3) is 0.533. The van der Waals surface area contributed by atoms with Crippen molar-refractivity contribution in [2.45, 2.75) is 46.0 Å². The minimum atomic E-state index is 0.0915. The number of benzene rings is 1. The molecular weight excluding hydrogens is 304 g/mol. The van der Waals surface area contributed by atoms with Crippen LogP contribution in [0.5, 0.6) is 0 Å². The number of carbonyl (C=O) groups is 1. The van der Waals surface area contributed by atoms with Crippen molar-refractivity contribution in [2.24, 2.45) is 5.73 Å². The van der Waals surface area contributed by atoms with Gasteiger partial charge in [0.2, 0.25) is 5.91 Å². The average molecular weight is 327 g/mol. The Balaban J connectivity index is 2.40. The summed E-state index contributed by atoms with van der Waals surface area (Å²) >= 11 is 3.52. The van der Waals surface area contributed by atoms with E-state index in [0.717, 1.165) is 53.5 Å². The number of carbonyl (C=O) groups excluding carboxylic acids is 1. The lowest BCUT2D eigenvalue weighted by atomic mass is 10.1. The highest BCUT2D eigenvalue weighted by atomic mass is 79.9. The number of rotatable bonds is 7. The number of unbranched alkanes of at least 4 members (excludes halogenated alkanes) is 3. The van der Waals surface area contributed by atoms with E-state index >= 15 is 0 Å². The van der Waals surface area contributed by atoms with Gasteiger partial charge in [-0.05, 0) is 56.5 Å². The fourth-order valence-electron chi connectivity index (χ4n) is 2.03. The summed E-state index contributed by atoms with van der Waals surface area (Å²) in [5.74, 6) is 0.0915. The molecule has 0 radical (unpaired) electrons. The Labute approximate surface area is 124 Å². The number of halogens is 1. The van der Waals surface area contributed by atoms with E-state index in [9.17, 15) is 4.79 Å². The summed E-state index contributed by atoms with van der Waals surface area (Å²) in [5.41, 5.74) is 8.58. The molecule has 1 rings (SSSR count). The van der Waals surface area contributed by atoms with Crippen LogP contribution >= 0.6 is 15.9 Å². The second-order valence-electron chi connectivity index (χ2n) is 4.93. The van der Waals surface area contributed by atoms with Crippen molar-refractivity contribution in [3.63, 3.8) is 0 Å². The van der Waals surface area contributed by atoms with Gasteiger partial charge in [0, 0.05) is 16.6 Å². The SMILES string of the molecule is Cc1cc(NC(=O)CCCCCCN)cc(C)c1Br. The molecule has 0 unspecified atom stereocenters. The maximum atomic E-state index is 11.8. The van der Waals surface area contributed by atoms with Gasteiger partial charge in [-0.25, -0.2) is 0 Å². The normalized spacial score (nSPS) is 10.5. The van der Waals surface area contributed by atoms with Crippen LogP contribution in [0.4, 0.5) is 5.69 Å². The van der Waals surface area contributed by atoms with Gasteiger partial charge in [0.25, 0.3) is 0 Å². The highest BCUT2D eigenvalue weighted by molar-refractivity contribution is 9.10. The van der Waals surface area contributed by atoms with Crippen molar-refractivity contribution < 1.29 is 4.79 Å². The van der Waals surface area contributed by atoms with Crippen LogP contribution in [0.15, 0.2) is 16.6 Å². The van der Waals surface area contributed by atoms with E-state index in [2.05, 4.69) is 21.2 Å². The topological polar surface area (TPSA) is 55.1 Å². The molecule has 1 aromatic rings. The second kappa shape index (κ2) is 8.33. The molecule has 0 aliphatic rings. The van der Waals surface area contributed by atoms with Crippen LogP contribution in [0.25, 0.3) is 0 Å². The highest BCUT2D eigenvalue weighted by Crippen LogP contribution is 2.25. The summed E-state index contributed by atoms with van der Waals surface area (Å²) in [6, 6.07) is 3.98. The van der Waals surface area contributed by atoms with E-state index in [1.54, 1.807) is 0 Å². The summed E-state index contributed by atoms with van der Waals surface area (Å²) in [4.78, 5) is 11.8. The zero-order valence-electron chi connectivity index (χ0n) is 11.8. The lowest BCUT2D eigenvalue weighted by molar-refractivity contribution is -0.116. The third kappa shape index (κ3) is 5.74. The van der Waals surface area contributed by atoms with Gasteiger partial charge in [-0.15, -0.1) is 0 Å². The Bertz CT molecular complexity index is 409. The van der Waals surface area contributed by atoms with Crippen molar-refractivity contribution in [2.75, 3.05) is 11.9 Å². The minimum absolute atomic E-state index is 0.0915. The van der Waals surface area contributed by atoms with Crippen LogP contribution in [0, 0.1) is 13.8 Å². The smallest absolute Gasteiger partial charge is 0.224 e. The van der Waals surface area contributed by atoms with Crippen LogP contribution in [-0.2, 0) is 4.79 Å². The third-order valence-electron chi connectivity index (χ3n) is 3.08. The summed E-state index contributed by atoms with van der Waals surface area (Å²) in [5, 5.41) is 2.96. The van der Waals surface area contributed by atoms with E-state index in [4.69, 9.17) is 5.73 Å². The van der Waals surface area contributed by atoms with Crippen LogP contribution < -0.4 is 11.1 Å².